The summed E-state index contributed by atoms with van der Waals surface area (Å²) in [5.74, 6) is -0.938. The second-order valence-electron chi connectivity index (χ2n) is 6.72. The maximum Gasteiger partial charge on any atom is 0.390 e. The van der Waals surface area contributed by atoms with Gasteiger partial charge in [0.25, 0.3) is 5.91 Å². The van der Waals surface area contributed by atoms with E-state index in [1.54, 1.807) is 0 Å². The van der Waals surface area contributed by atoms with Crippen LogP contribution in [0.15, 0.2) is 41.1 Å². The van der Waals surface area contributed by atoms with Crippen molar-refractivity contribution in [2.24, 2.45) is 5.92 Å². The van der Waals surface area contributed by atoms with E-state index in [1.165, 1.54) is 28.6 Å². The first-order chi connectivity index (χ1) is 13.8. The van der Waals surface area contributed by atoms with Crippen LogP contribution in [0.1, 0.15) is 23.2 Å². The molecule has 0 saturated carbocycles. The predicted molar refractivity (Wildman–Crippen MR) is 103 cm³/mol. The minimum atomic E-state index is -4.38. The van der Waals surface area contributed by atoms with E-state index in [9.17, 15) is 34.8 Å². The number of hydrogen-bond donors (Lipinski definition) is 2. The maximum atomic E-state index is 12.7. The van der Waals surface area contributed by atoms with Crippen molar-refractivity contribution in [3.8, 4) is 0 Å². The summed E-state index contributed by atoms with van der Waals surface area (Å²) < 4.78 is 88.3. The third-order valence-corrected chi connectivity index (χ3v) is 7.38. The van der Waals surface area contributed by atoms with Crippen LogP contribution in [-0.4, -0.2) is 59.4 Å². The fourth-order valence-electron chi connectivity index (χ4n) is 2.82. The van der Waals surface area contributed by atoms with Gasteiger partial charge in [0, 0.05) is 37.2 Å². The Labute approximate surface area is 173 Å². The highest BCUT2D eigenvalue weighted by Gasteiger charge is 2.33. The standard InChI is InChI=1S/C17H22F3N3O5S2/c1-2-29(25,26)22-11-13-7-10-23(12-13)30(27,28)15-5-3-14(4-6-15)16(24)21-9-8-17(18,19)20/h2-6,13,22H,1,7-12H2,(H,21,24)/t13-/m1/s1. The molecule has 1 atom stereocenters. The van der Waals surface area contributed by atoms with Crippen molar-refractivity contribution in [3.63, 3.8) is 0 Å². The fraction of sp³-hybridized carbons (Fsp3) is 0.471. The molecular weight excluding hydrogens is 447 g/mol. The van der Waals surface area contributed by atoms with Crippen LogP contribution in [-0.2, 0) is 20.0 Å². The fourth-order valence-corrected chi connectivity index (χ4v) is 4.94. The summed E-state index contributed by atoms with van der Waals surface area (Å²) >= 11 is 0. The molecule has 1 heterocycles. The van der Waals surface area contributed by atoms with Gasteiger partial charge in [-0.2, -0.15) is 17.5 Å². The highest BCUT2D eigenvalue weighted by molar-refractivity contribution is 7.92. The van der Waals surface area contributed by atoms with Crippen molar-refractivity contribution >= 4 is 26.0 Å². The van der Waals surface area contributed by atoms with E-state index in [2.05, 4.69) is 16.6 Å². The molecule has 1 aromatic carbocycles. The zero-order valence-electron chi connectivity index (χ0n) is 15.9. The Morgan fingerprint density at radius 3 is 2.40 bits per heavy atom. The monoisotopic (exact) mass is 469 g/mol. The first-order valence-corrected chi connectivity index (χ1v) is 11.9. The zero-order valence-corrected chi connectivity index (χ0v) is 17.5. The zero-order chi connectivity index (χ0) is 22.6. The molecule has 0 aromatic heterocycles. The minimum absolute atomic E-state index is 0.0363. The molecule has 1 aliphatic rings. The minimum Gasteiger partial charge on any atom is -0.352 e. The van der Waals surface area contributed by atoms with Crippen molar-refractivity contribution in [2.45, 2.75) is 23.9 Å². The average molecular weight is 470 g/mol. The Balaban J connectivity index is 1.97. The summed E-state index contributed by atoms with van der Waals surface area (Å²) in [5, 5.41) is 2.90. The Kier molecular flexibility index (Phi) is 7.66. The predicted octanol–water partition coefficient (Wildman–Crippen LogP) is 1.44. The van der Waals surface area contributed by atoms with Crippen LogP contribution in [0.3, 0.4) is 0 Å². The summed E-state index contributed by atoms with van der Waals surface area (Å²) in [5.41, 5.74) is 0.0363. The van der Waals surface area contributed by atoms with E-state index >= 15 is 0 Å². The third kappa shape index (κ3) is 6.79. The van der Waals surface area contributed by atoms with Gasteiger partial charge in [-0.1, -0.05) is 6.58 Å². The largest absolute Gasteiger partial charge is 0.390 e. The van der Waals surface area contributed by atoms with E-state index in [-0.39, 0.29) is 36.0 Å². The Morgan fingerprint density at radius 2 is 1.83 bits per heavy atom. The molecule has 2 N–H and O–H groups in total. The van der Waals surface area contributed by atoms with Gasteiger partial charge < -0.3 is 5.32 Å². The van der Waals surface area contributed by atoms with Crippen LogP contribution in [0.2, 0.25) is 0 Å². The van der Waals surface area contributed by atoms with E-state index in [0.717, 1.165) is 5.41 Å². The molecule has 30 heavy (non-hydrogen) atoms. The van der Waals surface area contributed by atoms with Gasteiger partial charge in [-0.15, -0.1) is 0 Å². The van der Waals surface area contributed by atoms with Crippen LogP contribution < -0.4 is 10.0 Å². The van der Waals surface area contributed by atoms with Crippen molar-refractivity contribution in [1.29, 1.82) is 0 Å². The van der Waals surface area contributed by atoms with Gasteiger partial charge in [0.15, 0.2) is 0 Å². The molecule has 2 rings (SSSR count). The average Bonchev–Trinajstić information content (AvgIpc) is 3.15. The van der Waals surface area contributed by atoms with Gasteiger partial charge in [0.2, 0.25) is 20.0 Å². The van der Waals surface area contributed by atoms with E-state index in [4.69, 9.17) is 0 Å². The lowest BCUT2D eigenvalue weighted by molar-refractivity contribution is -0.133. The third-order valence-electron chi connectivity index (χ3n) is 4.49. The van der Waals surface area contributed by atoms with E-state index in [1.807, 2.05) is 0 Å². The topological polar surface area (TPSA) is 113 Å². The number of carbonyl (C=O) groups is 1. The summed E-state index contributed by atoms with van der Waals surface area (Å²) in [7, 11) is -7.45. The second-order valence-corrected chi connectivity index (χ2v) is 10.4. The lowest BCUT2D eigenvalue weighted by Gasteiger charge is -2.17. The van der Waals surface area contributed by atoms with Crippen LogP contribution >= 0.6 is 0 Å². The molecule has 0 radical (unpaired) electrons. The number of sulfonamides is 2. The molecule has 1 aliphatic heterocycles. The molecule has 0 aliphatic carbocycles. The number of hydrogen-bond acceptors (Lipinski definition) is 5. The molecule has 8 nitrogen and oxygen atoms in total. The van der Waals surface area contributed by atoms with Crippen molar-refractivity contribution in [3.05, 3.63) is 41.8 Å². The number of nitrogens with zero attached hydrogens (tertiary/aromatic N) is 1. The summed E-state index contributed by atoms with van der Waals surface area (Å²) in [4.78, 5) is 11.8. The normalized spacial score (nSPS) is 18.3. The molecule has 0 bridgehead atoms. The number of alkyl halides is 3. The van der Waals surface area contributed by atoms with Crippen molar-refractivity contribution in [1.82, 2.24) is 14.3 Å². The Morgan fingerprint density at radius 1 is 1.20 bits per heavy atom. The first kappa shape index (κ1) is 24.3. The molecular formula is C17H22F3N3O5S2. The number of amides is 1. The molecule has 13 heteroatoms. The molecule has 1 saturated heterocycles. The van der Waals surface area contributed by atoms with Crippen molar-refractivity contribution in [2.75, 3.05) is 26.2 Å². The summed E-state index contributed by atoms with van der Waals surface area (Å²) in [6.45, 7) is 3.02. The van der Waals surface area contributed by atoms with Gasteiger partial charge in [-0.05, 0) is 36.6 Å². The van der Waals surface area contributed by atoms with Gasteiger partial charge in [0.1, 0.15) is 0 Å². The van der Waals surface area contributed by atoms with Gasteiger partial charge in [-0.3, -0.25) is 4.79 Å². The number of halogens is 3. The lowest BCUT2D eigenvalue weighted by Crippen LogP contribution is -2.32. The molecule has 0 unspecified atom stereocenters. The lowest BCUT2D eigenvalue weighted by atomic mass is 10.1. The molecule has 0 spiro atoms. The molecule has 168 valence electrons. The maximum absolute atomic E-state index is 12.7. The number of nitrogens with one attached hydrogen (secondary N) is 2. The first-order valence-electron chi connectivity index (χ1n) is 8.91. The van der Waals surface area contributed by atoms with E-state index < -0.39 is 45.1 Å². The van der Waals surface area contributed by atoms with Crippen LogP contribution in [0.5, 0.6) is 0 Å². The van der Waals surface area contributed by atoms with Gasteiger partial charge in [-0.25, -0.2) is 21.6 Å². The van der Waals surface area contributed by atoms with Gasteiger partial charge in [0.05, 0.1) is 11.3 Å². The van der Waals surface area contributed by atoms with Crippen LogP contribution in [0, 0.1) is 5.92 Å². The number of carbonyl (C=O) groups excluding carboxylic acids is 1. The van der Waals surface area contributed by atoms with Gasteiger partial charge >= 0.3 is 6.18 Å². The quantitative estimate of drug-likeness (QED) is 0.568. The highest BCUT2D eigenvalue weighted by Crippen LogP contribution is 2.24. The number of rotatable bonds is 9. The second kappa shape index (κ2) is 9.45. The molecule has 1 amide bonds. The molecule has 1 aromatic rings. The summed E-state index contributed by atoms with van der Waals surface area (Å²) in [6, 6.07) is 4.87. The SMILES string of the molecule is C=CS(=O)(=O)NC[C@H]1CCN(S(=O)(=O)c2ccc(C(=O)NCCC(F)(F)F)cc2)C1. The van der Waals surface area contributed by atoms with Crippen LogP contribution in [0.25, 0.3) is 0 Å². The Hall–Kier alpha value is -1.96. The Bertz CT molecular complexity index is 977. The van der Waals surface area contributed by atoms with E-state index in [0.29, 0.717) is 6.42 Å². The van der Waals surface area contributed by atoms with Crippen LogP contribution in [0.4, 0.5) is 13.2 Å². The van der Waals surface area contributed by atoms with Crippen molar-refractivity contribution < 1.29 is 34.8 Å². The molecule has 1 fully saturated rings. The highest BCUT2D eigenvalue weighted by atomic mass is 32.2. The number of benzene rings is 1. The smallest absolute Gasteiger partial charge is 0.352 e. The summed E-state index contributed by atoms with van der Waals surface area (Å²) in [6.07, 6.45) is -5.08.